The molecule has 208 valence electrons. The van der Waals surface area contributed by atoms with Gasteiger partial charge < -0.3 is 19.5 Å². The Hall–Kier alpha value is -3.97. The summed E-state index contributed by atoms with van der Waals surface area (Å²) in [6, 6.07) is 18.7. The fourth-order valence-corrected chi connectivity index (χ4v) is 5.33. The van der Waals surface area contributed by atoms with Crippen LogP contribution in [0.15, 0.2) is 60.7 Å². The summed E-state index contributed by atoms with van der Waals surface area (Å²) in [4.78, 5) is 15.6. The second-order valence-electron chi connectivity index (χ2n) is 10.1. The Morgan fingerprint density at radius 3 is 2.48 bits per heavy atom. The number of carbonyl (C=O) groups is 1. The summed E-state index contributed by atoms with van der Waals surface area (Å²) >= 11 is 6.43. The molecule has 1 amide bonds. The molecule has 0 saturated carbocycles. The first-order valence-corrected chi connectivity index (χ1v) is 14.0. The molecule has 0 saturated heterocycles. The van der Waals surface area contributed by atoms with Crippen LogP contribution in [0.5, 0.6) is 17.2 Å². The van der Waals surface area contributed by atoms with E-state index in [0.29, 0.717) is 41.5 Å². The number of nitrogens with one attached hydrogen (secondary N) is 1. The van der Waals surface area contributed by atoms with E-state index < -0.39 is 6.04 Å². The zero-order chi connectivity index (χ0) is 28.2. The minimum absolute atomic E-state index is 0.0647. The molecule has 7 nitrogen and oxygen atoms in total. The van der Waals surface area contributed by atoms with Gasteiger partial charge in [-0.3, -0.25) is 9.89 Å². The van der Waals surface area contributed by atoms with Crippen LogP contribution in [0.25, 0.3) is 11.3 Å². The molecule has 0 spiro atoms. The van der Waals surface area contributed by atoms with Crippen LogP contribution in [0.3, 0.4) is 0 Å². The molecule has 0 radical (unpaired) electrons. The minimum Gasteiger partial charge on any atom is -0.507 e. The van der Waals surface area contributed by atoms with Crippen LogP contribution in [-0.4, -0.2) is 46.4 Å². The van der Waals surface area contributed by atoms with Crippen molar-refractivity contribution in [1.82, 2.24) is 15.1 Å². The number of halogens is 1. The molecule has 0 aliphatic carbocycles. The van der Waals surface area contributed by atoms with E-state index in [2.05, 4.69) is 17.1 Å². The van der Waals surface area contributed by atoms with E-state index in [4.69, 9.17) is 21.1 Å². The Morgan fingerprint density at radius 1 is 1.05 bits per heavy atom. The average Bonchev–Trinajstić information content (AvgIpc) is 3.51. The van der Waals surface area contributed by atoms with Gasteiger partial charge in [0.1, 0.15) is 28.6 Å². The topological polar surface area (TPSA) is 87.7 Å². The number of rotatable bonds is 11. The number of methoxy groups -OCH3 is 1. The smallest absolute Gasteiger partial charge is 0.273 e. The third-order valence-corrected chi connectivity index (χ3v) is 7.82. The lowest BCUT2D eigenvalue weighted by molar-refractivity contribution is 0.0746. The normalized spacial score (nSPS) is 14.4. The van der Waals surface area contributed by atoms with Gasteiger partial charge in [0.2, 0.25) is 0 Å². The van der Waals surface area contributed by atoms with Gasteiger partial charge in [-0.2, -0.15) is 5.10 Å². The summed E-state index contributed by atoms with van der Waals surface area (Å²) in [5, 5.41) is 18.8. The quantitative estimate of drug-likeness (QED) is 0.191. The molecule has 1 aromatic heterocycles. The van der Waals surface area contributed by atoms with Crippen LogP contribution in [0.1, 0.15) is 65.0 Å². The maximum absolute atomic E-state index is 13.7. The molecule has 40 heavy (non-hydrogen) atoms. The molecule has 5 rings (SSSR count). The van der Waals surface area contributed by atoms with E-state index in [1.807, 2.05) is 60.4 Å². The first kappa shape index (κ1) is 27.6. The van der Waals surface area contributed by atoms with Crippen LogP contribution < -0.4 is 9.47 Å². The second kappa shape index (κ2) is 12.0. The van der Waals surface area contributed by atoms with E-state index >= 15 is 0 Å². The van der Waals surface area contributed by atoms with Crippen LogP contribution in [0.2, 0.25) is 5.02 Å². The van der Waals surface area contributed by atoms with E-state index in [0.717, 1.165) is 53.0 Å². The van der Waals surface area contributed by atoms with Crippen LogP contribution in [-0.2, 0) is 6.42 Å². The molecule has 1 atom stereocenters. The number of nitrogens with zero attached hydrogens (tertiary/aromatic N) is 2. The number of phenolic OH excluding ortho intramolecular Hbond substituents is 1. The van der Waals surface area contributed by atoms with Gasteiger partial charge in [0.15, 0.2) is 0 Å². The third-order valence-electron chi connectivity index (χ3n) is 7.41. The standard InChI is InChI=1S/C32H34ClN3O4/c1-4-5-6-17-40-24-13-9-22(10-14-24)31-28-29(25-19-26(33)20(2)18-27(25)37)34-35-30(28)32(38)36(31)16-15-21-7-11-23(39-3)12-8-21/h7-14,18-19,31,37H,4-6,15-17H2,1-3H3,(H,34,35). The van der Waals surface area contributed by atoms with Crippen molar-refractivity contribution in [2.75, 3.05) is 20.3 Å². The Balaban J connectivity index is 1.50. The molecule has 3 aromatic carbocycles. The molecule has 0 bridgehead atoms. The number of phenols is 1. The maximum Gasteiger partial charge on any atom is 0.273 e. The minimum atomic E-state index is -0.400. The molecule has 0 fully saturated rings. The zero-order valence-electron chi connectivity index (χ0n) is 23.0. The van der Waals surface area contributed by atoms with Gasteiger partial charge >= 0.3 is 0 Å². The highest BCUT2D eigenvalue weighted by molar-refractivity contribution is 6.31. The predicted octanol–water partition coefficient (Wildman–Crippen LogP) is 7.11. The number of aromatic nitrogens is 2. The predicted molar refractivity (Wildman–Crippen MR) is 156 cm³/mol. The maximum atomic E-state index is 13.7. The second-order valence-corrected chi connectivity index (χ2v) is 10.5. The van der Waals surface area contributed by atoms with Gasteiger partial charge in [-0.1, -0.05) is 55.6 Å². The molecule has 1 aliphatic rings. The highest BCUT2D eigenvalue weighted by Crippen LogP contribution is 2.45. The van der Waals surface area contributed by atoms with Crippen LogP contribution in [0.4, 0.5) is 0 Å². The number of carbonyl (C=O) groups excluding carboxylic acids is 1. The van der Waals surface area contributed by atoms with Gasteiger partial charge in [-0.25, -0.2) is 0 Å². The molecular weight excluding hydrogens is 526 g/mol. The lowest BCUT2D eigenvalue weighted by atomic mass is 9.95. The van der Waals surface area contributed by atoms with E-state index in [9.17, 15) is 9.90 Å². The molecule has 8 heteroatoms. The summed E-state index contributed by atoms with van der Waals surface area (Å²) in [7, 11) is 1.64. The van der Waals surface area contributed by atoms with Gasteiger partial charge in [-0.05, 0) is 72.9 Å². The van der Waals surface area contributed by atoms with Gasteiger partial charge in [0, 0.05) is 22.7 Å². The number of fused-ring (bicyclic) bond motifs is 1. The van der Waals surface area contributed by atoms with Gasteiger partial charge in [0.05, 0.1) is 19.8 Å². The molecule has 2 heterocycles. The van der Waals surface area contributed by atoms with E-state index in [1.54, 1.807) is 19.2 Å². The zero-order valence-corrected chi connectivity index (χ0v) is 23.8. The van der Waals surface area contributed by atoms with E-state index in [1.165, 1.54) is 0 Å². The molecular formula is C32H34ClN3O4. The van der Waals surface area contributed by atoms with Crippen molar-refractivity contribution in [3.63, 3.8) is 0 Å². The Labute approximate surface area is 239 Å². The van der Waals surface area contributed by atoms with Crippen molar-refractivity contribution in [2.45, 2.75) is 45.6 Å². The number of hydrogen-bond donors (Lipinski definition) is 2. The molecule has 1 aliphatic heterocycles. The van der Waals surface area contributed by atoms with Gasteiger partial charge in [-0.15, -0.1) is 0 Å². The summed E-state index contributed by atoms with van der Waals surface area (Å²) in [6.07, 6.45) is 3.95. The Bertz CT molecular complexity index is 1480. The van der Waals surface area contributed by atoms with Crippen LogP contribution >= 0.6 is 11.6 Å². The highest BCUT2D eigenvalue weighted by Gasteiger charge is 2.42. The SMILES string of the molecule is CCCCCOc1ccc(C2c3c(-c4cc(Cl)c(C)cc4O)n[nH]c3C(=O)N2CCc2ccc(OC)cc2)cc1. The van der Waals surface area contributed by atoms with Crippen molar-refractivity contribution >= 4 is 17.5 Å². The summed E-state index contributed by atoms with van der Waals surface area (Å²) in [6.45, 7) is 5.17. The van der Waals surface area contributed by atoms with Gasteiger partial charge in [0.25, 0.3) is 5.91 Å². The Morgan fingerprint density at radius 2 is 1.77 bits per heavy atom. The third kappa shape index (κ3) is 5.52. The van der Waals surface area contributed by atoms with Crippen molar-refractivity contribution in [2.24, 2.45) is 0 Å². The summed E-state index contributed by atoms with van der Waals surface area (Å²) < 4.78 is 11.2. The number of ether oxygens (including phenoxy) is 2. The number of aromatic hydroxyl groups is 1. The monoisotopic (exact) mass is 559 g/mol. The lowest BCUT2D eigenvalue weighted by Crippen LogP contribution is -2.31. The number of benzene rings is 3. The van der Waals surface area contributed by atoms with Crippen molar-refractivity contribution in [1.29, 1.82) is 0 Å². The van der Waals surface area contributed by atoms with Crippen molar-refractivity contribution in [3.05, 3.63) is 93.6 Å². The van der Waals surface area contributed by atoms with Crippen molar-refractivity contribution in [3.8, 4) is 28.5 Å². The number of aromatic amines is 1. The Kier molecular flexibility index (Phi) is 8.31. The number of aryl methyl sites for hydroxylation is 1. The molecule has 2 N–H and O–H groups in total. The number of unbranched alkanes of at least 4 members (excludes halogenated alkanes) is 2. The molecule has 1 unspecified atom stereocenters. The number of amides is 1. The number of H-pyrrole nitrogens is 1. The van der Waals surface area contributed by atoms with Crippen molar-refractivity contribution < 1.29 is 19.4 Å². The number of hydrogen-bond acceptors (Lipinski definition) is 5. The summed E-state index contributed by atoms with van der Waals surface area (Å²) in [5.41, 5.74) is 4.94. The fourth-order valence-electron chi connectivity index (χ4n) is 5.17. The van der Waals surface area contributed by atoms with Crippen LogP contribution in [0, 0.1) is 6.92 Å². The summed E-state index contributed by atoms with van der Waals surface area (Å²) in [5.74, 6) is 1.52. The fraction of sp³-hybridized carbons (Fsp3) is 0.312. The lowest BCUT2D eigenvalue weighted by Gasteiger charge is -2.27. The largest absolute Gasteiger partial charge is 0.507 e. The first-order chi connectivity index (χ1) is 19.4. The highest BCUT2D eigenvalue weighted by atomic mass is 35.5. The average molecular weight is 560 g/mol. The first-order valence-electron chi connectivity index (χ1n) is 13.7. The molecule has 4 aromatic rings. The van der Waals surface area contributed by atoms with E-state index in [-0.39, 0.29) is 11.7 Å².